The van der Waals surface area contributed by atoms with Crippen molar-refractivity contribution in [2.45, 2.75) is 12.8 Å². The highest BCUT2D eigenvalue weighted by molar-refractivity contribution is 5.21. The molecule has 1 nitrogen and oxygen atoms in total. The Morgan fingerprint density at radius 2 is 1.58 bits per heavy atom. The van der Waals surface area contributed by atoms with E-state index in [1.807, 2.05) is 24.5 Å². The highest BCUT2D eigenvalue weighted by Crippen LogP contribution is 2.04. The molecule has 0 saturated heterocycles. The summed E-state index contributed by atoms with van der Waals surface area (Å²) in [5.41, 5.74) is 2.42. The van der Waals surface area contributed by atoms with Gasteiger partial charge in [-0.15, -0.1) is 13.2 Å². The van der Waals surface area contributed by atoms with Crippen molar-refractivity contribution in [3.63, 3.8) is 0 Å². The molecule has 1 heteroatoms. The normalized spacial score (nSPS) is 9.33. The maximum atomic E-state index is 4.13. The third kappa shape index (κ3) is 2.35. The molecular formula is C11H13N. The summed E-state index contributed by atoms with van der Waals surface area (Å²) >= 11 is 0. The Morgan fingerprint density at radius 1 is 1.08 bits per heavy atom. The number of hydrogen-bond donors (Lipinski definition) is 0. The lowest BCUT2D eigenvalue weighted by Crippen LogP contribution is -1.88. The molecule has 0 aliphatic heterocycles. The summed E-state index contributed by atoms with van der Waals surface area (Å²) in [6, 6.07) is 2.14. The molecule has 0 fully saturated rings. The maximum absolute atomic E-state index is 4.13. The Hall–Kier alpha value is -1.37. The summed E-state index contributed by atoms with van der Waals surface area (Å²) in [4.78, 5) is 4.13. The van der Waals surface area contributed by atoms with Crippen molar-refractivity contribution in [1.82, 2.24) is 4.98 Å². The molecule has 0 amide bonds. The van der Waals surface area contributed by atoms with Crippen LogP contribution in [0.25, 0.3) is 0 Å². The monoisotopic (exact) mass is 159 g/mol. The predicted octanol–water partition coefficient (Wildman–Crippen LogP) is 2.54. The van der Waals surface area contributed by atoms with Crippen LogP contribution in [0, 0.1) is 0 Å². The van der Waals surface area contributed by atoms with E-state index in [0.717, 1.165) is 12.8 Å². The lowest BCUT2D eigenvalue weighted by atomic mass is 10.1. The van der Waals surface area contributed by atoms with Crippen LogP contribution in [-0.2, 0) is 12.8 Å². The number of aromatic nitrogens is 1. The lowest BCUT2D eigenvalue weighted by molar-refractivity contribution is 1.13. The van der Waals surface area contributed by atoms with Crippen molar-refractivity contribution >= 4 is 0 Å². The highest BCUT2D eigenvalue weighted by Gasteiger charge is 1.92. The third-order valence-electron chi connectivity index (χ3n) is 1.61. The molecule has 0 aliphatic rings. The standard InChI is InChI=1S/C11H13N/c1-3-5-10-7-11(6-4-2)9-12-8-10/h3-4,7-9H,1-2,5-6H2. The van der Waals surface area contributed by atoms with Crippen molar-refractivity contribution in [3.8, 4) is 0 Å². The number of pyridine rings is 1. The maximum Gasteiger partial charge on any atom is 0.0303 e. The van der Waals surface area contributed by atoms with Gasteiger partial charge in [-0.05, 0) is 24.0 Å². The summed E-state index contributed by atoms with van der Waals surface area (Å²) < 4.78 is 0. The Kier molecular flexibility index (Phi) is 3.27. The Morgan fingerprint density at radius 3 is 2.00 bits per heavy atom. The van der Waals surface area contributed by atoms with Gasteiger partial charge in [0.2, 0.25) is 0 Å². The van der Waals surface area contributed by atoms with Crippen LogP contribution < -0.4 is 0 Å². The molecule has 1 rings (SSSR count). The second-order valence-corrected chi connectivity index (χ2v) is 2.69. The molecule has 62 valence electrons. The van der Waals surface area contributed by atoms with Gasteiger partial charge in [-0.3, -0.25) is 4.98 Å². The molecule has 0 aliphatic carbocycles. The minimum atomic E-state index is 0.887. The van der Waals surface area contributed by atoms with Crippen LogP contribution in [0.1, 0.15) is 11.1 Å². The fraction of sp³-hybridized carbons (Fsp3) is 0.182. The van der Waals surface area contributed by atoms with Crippen LogP contribution in [0.4, 0.5) is 0 Å². The molecule has 1 aromatic rings. The first-order valence-electron chi connectivity index (χ1n) is 4.01. The van der Waals surface area contributed by atoms with Gasteiger partial charge < -0.3 is 0 Å². The SMILES string of the molecule is C=CCc1cncc(CC=C)c1. The van der Waals surface area contributed by atoms with Gasteiger partial charge in [0, 0.05) is 12.4 Å². The molecule has 0 spiro atoms. The predicted molar refractivity (Wildman–Crippen MR) is 52.0 cm³/mol. The van der Waals surface area contributed by atoms with Crippen LogP contribution in [0.15, 0.2) is 43.8 Å². The number of allylic oxidation sites excluding steroid dienone is 2. The van der Waals surface area contributed by atoms with Gasteiger partial charge in [-0.2, -0.15) is 0 Å². The largest absolute Gasteiger partial charge is 0.264 e. The van der Waals surface area contributed by atoms with Crippen molar-refractivity contribution in [2.24, 2.45) is 0 Å². The highest BCUT2D eigenvalue weighted by atomic mass is 14.6. The van der Waals surface area contributed by atoms with Crippen molar-refractivity contribution in [1.29, 1.82) is 0 Å². The van der Waals surface area contributed by atoms with Gasteiger partial charge in [-0.1, -0.05) is 18.2 Å². The second-order valence-electron chi connectivity index (χ2n) is 2.69. The second kappa shape index (κ2) is 4.50. The molecule has 1 aromatic heterocycles. The van der Waals surface area contributed by atoms with Crippen LogP contribution in [0.2, 0.25) is 0 Å². The van der Waals surface area contributed by atoms with Gasteiger partial charge in [0.1, 0.15) is 0 Å². The van der Waals surface area contributed by atoms with E-state index >= 15 is 0 Å². The zero-order chi connectivity index (χ0) is 8.81. The summed E-state index contributed by atoms with van der Waals surface area (Å²) in [6.07, 6.45) is 9.28. The first kappa shape index (κ1) is 8.72. The van der Waals surface area contributed by atoms with Gasteiger partial charge in [0.15, 0.2) is 0 Å². The topological polar surface area (TPSA) is 12.9 Å². The van der Waals surface area contributed by atoms with Gasteiger partial charge in [-0.25, -0.2) is 0 Å². The van der Waals surface area contributed by atoms with E-state index in [1.165, 1.54) is 11.1 Å². The molecule has 0 bridgehead atoms. The smallest absolute Gasteiger partial charge is 0.0303 e. The third-order valence-corrected chi connectivity index (χ3v) is 1.61. The summed E-state index contributed by atoms with van der Waals surface area (Å²) in [5, 5.41) is 0. The molecule has 0 N–H and O–H groups in total. The van der Waals surface area contributed by atoms with Crippen LogP contribution in [0.5, 0.6) is 0 Å². The molecule has 0 radical (unpaired) electrons. The molecule has 0 atom stereocenters. The average molecular weight is 159 g/mol. The van der Waals surface area contributed by atoms with Crippen LogP contribution in [-0.4, -0.2) is 4.98 Å². The van der Waals surface area contributed by atoms with E-state index < -0.39 is 0 Å². The van der Waals surface area contributed by atoms with E-state index in [4.69, 9.17) is 0 Å². The van der Waals surface area contributed by atoms with Gasteiger partial charge >= 0.3 is 0 Å². The Bertz CT molecular complexity index is 251. The quantitative estimate of drug-likeness (QED) is 0.615. The molecule has 0 aromatic carbocycles. The van der Waals surface area contributed by atoms with Crippen molar-refractivity contribution < 1.29 is 0 Å². The Balaban J connectivity index is 2.79. The first-order valence-corrected chi connectivity index (χ1v) is 4.01. The van der Waals surface area contributed by atoms with E-state index in [0.29, 0.717) is 0 Å². The molecule has 12 heavy (non-hydrogen) atoms. The van der Waals surface area contributed by atoms with E-state index in [9.17, 15) is 0 Å². The zero-order valence-corrected chi connectivity index (χ0v) is 7.16. The van der Waals surface area contributed by atoms with Crippen molar-refractivity contribution in [3.05, 3.63) is 54.9 Å². The molecule has 0 saturated carbocycles. The number of rotatable bonds is 4. The van der Waals surface area contributed by atoms with Gasteiger partial charge in [0.05, 0.1) is 0 Å². The van der Waals surface area contributed by atoms with Crippen molar-refractivity contribution in [2.75, 3.05) is 0 Å². The summed E-state index contributed by atoms with van der Waals surface area (Å²) in [6.45, 7) is 7.37. The minimum absolute atomic E-state index is 0.887. The van der Waals surface area contributed by atoms with Crippen LogP contribution >= 0.6 is 0 Å². The summed E-state index contributed by atoms with van der Waals surface area (Å²) in [5.74, 6) is 0. The number of hydrogen-bond acceptors (Lipinski definition) is 1. The van der Waals surface area contributed by atoms with E-state index in [-0.39, 0.29) is 0 Å². The van der Waals surface area contributed by atoms with Gasteiger partial charge in [0.25, 0.3) is 0 Å². The lowest BCUT2D eigenvalue weighted by Gasteiger charge is -1.98. The number of nitrogens with zero attached hydrogens (tertiary/aromatic N) is 1. The fourth-order valence-corrected chi connectivity index (χ4v) is 1.10. The molecule has 1 heterocycles. The van der Waals surface area contributed by atoms with Crippen LogP contribution in [0.3, 0.4) is 0 Å². The average Bonchev–Trinajstić information content (AvgIpc) is 2.06. The van der Waals surface area contributed by atoms with E-state index in [2.05, 4.69) is 24.2 Å². The molecular weight excluding hydrogens is 146 g/mol. The zero-order valence-electron chi connectivity index (χ0n) is 7.16. The fourth-order valence-electron chi connectivity index (χ4n) is 1.10. The minimum Gasteiger partial charge on any atom is -0.264 e. The summed E-state index contributed by atoms with van der Waals surface area (Å²) in [7, 11) is 0. The first-order chi connectivity index (χ1) is 5.86. The van der Waals surface area contributed by atoms with E-state index in [1.54, 1.807) is 0 Å². The molecule has 0 unspecified atom stereocenters. The Labute approximate surface area is 73.5 Å².